The maximum Gasteiger partial charge on any atom is 0.410 e. The number of amides is 1. The van der Waals surface area contributed by atoms with E-state index in [1.165, 1.54) is 22.5 Å². The van der Waals surface area contributed by atoms with Gasteiger partial charge in [-0.1, -0.05) is 41.2 Å². The van der Waals surface area contributed by atoms with Crippen LogP contribution in [0.4, 0.5) is 21.7 Å². The number of fused-ring (bicyclic) bond motifs is 1. The van der Waals surface area contributed by atoms with Crippen LogP contribution in [0.3, 0.4) is 0 Å². The van der Waals surface area contributed by atoms with Crippen molar-refractivity contribution in [1.29, 1.82) is 5.26 Å². The molecule has 0 saturated carbocycles. The van der Waals surface area contributed by atoms with Gasteiger partial charge in [0.2, 0.25) is 5.95 Å². The van der Waals surface area contributed by atoms with E-state index in [-0.39, 0.29) is 12.1 Å². The van der Waals surface area contributed by atoms with Crippen molar-refractivity contribution in [3.05, 3.63) is 57.7 Å². The Kier molecular flexibility index (Phi) is 6.73. The maximum atomic E-state index is 12.8. The second kappa shape index (κ2) is 9.98. The smallest absolute Gasteiger partial charge is 0.410 e. The lowest BCUT2D eigenvalue weighted by atomic mass is 10.0. The van der Waals surface area contributed by atoms with Crippen molar-refractivity contribution in [3.63, 3.8) is 0 Å². The summed E-state index contributed by atoms with van der Waals surface area (Å²) in [4.78, 5) is 31.6. The van der Waals surface area contributed by atoms with E-state index in [0.717, 1.165) is 30.6 Å². The van der Waals surface area contributed by atoms with Crippen molar-refractivity contribution in [2.45, 2.75) is 65.1 Å². The number of carbonyl (C=O) groups excluding carboxylic acids is 1. The van der Waals surface area contributed by atoms with Crippen LogP contribution in [0.1, 0.15) is 66.9 Å². The molecule has 0 aliphatic carbocycles. The Hall–Kier alpha value is -3.71. The van der Waals surface area contributed by atoms with E-state index in [1.807, 2.05) is 20.8 Å². The van der Waals surface area contributed by atoms with Gasteiger partial charge in [0.25, 0.3) is 0 Å². The highest BCUT2D eigenvalue weighted by atomic mass is 32.1. The van der Waals surface area contributed by atoms with Crippen LogP contribution in [0, 0.1) is 18.3 Å². The SMILES string of the molecule is Cc1ccc([C@@H]2CCCN2c2nc3c(c(Nc4ncc(C#N)s4)n2)CN(C(=O)OC(C)(C)C)CC3)cc1. The number of benzene rings is 1. The van der Waals surface area contributed by atoms with Gasteiger partial charge in [-0.3, -0.25) is 0 Å². The molecule has 3 aromatic rings. The summed E-state index contributed by atoms with van der Waals surface area (Å²) in [6.45, 7) is 9.41. The fraction of sp³-hybridized carbons (Fsp3) is 0.444. The molecule has 1 N–H and O–H groups in total. The van der Waals surface area contributed by atoms with Gasteiger partial charge in [-0.05, 0) is 46.1 Å². The van der Waals surface area contributed by atoms with Crippen LogP contribution in [-0.4, -0.2) is 44.6 Å². The summed E-state index contributed by atoms with van der Waals surface area (Å²) in [5, 5.41) is 13.1. The van der Waals surface area contributed by atoms with Crippen LogP contribution in [0.15, 0.2) is 30.5 Å². The summed E-state index contributed by atoms with van der Waals surface area (Å²) in [5.74, 6) is 1.29. The molecule has 0 radical (unpaired) electrons. The fourth-order valence-corrected chi connectivity index (χ4v) is 5.35. The molecule has 1 fully saturated rings. The number of carbonyl (C=O) groups is 1. The lowest BCUT2D eigenvalue weighted by Crippen LogP contribution is -2.40. The van der Waals surface area contributed by atoms with Gasteiger partial charge in [-0.25, -0.2) is 14.8 Å². The Balaban J connectivity index is 1.50. The first-order chi connectivity index (χ1) is 17.7. The van der Waals surface area contributed by atoms with Crippen molar-refractivity contribution in [3.8, 4) is 6.07 Å². The Morgan fingerprint density at radius 1 is 1.22 bits per heavy atom. The van der Waals surface area contributed by atoms with E-state index in [9.17, 15) is 10.1 Å². The van der Waals surface area contributed by atoms with Crippen LogP contribution >= 0.6 is 11.3 Å². The number of rotatable bonds is 4. The number of ether oxygens (including phenoxy) is 1. The van der Waals surface area contributed by atoms with Gasteiger partial charge in [0, 0.05) is 25.1 Å². The molecule has 1 atom stereocenters. The first kappa shape index (κ1) is 25.0. The predicted molar refractivity (Wildman–Crippen MR) is 143 cm³/mol. The molecule has 0 bridgehead atoms. The minimum absolute atomic E-state index is 0.207. The summed E-state index contributed by atoms with van der Waals surface area (Å²) >= 11 is 1.27. The first-order valence-corrected chi connectivity index (χ1v) is 13.4. The average molecular weight is 518 g/mol. The number of aryl methyl sites for hydroxylation is 1. The van der Waals surface area contributed by atoms with Crippen LogP contribution in [0.2, 0.25) is 0 Å². The normalized spacial score (nSPS) is 17.3. The van der Waals surface area contributed by atoms with Gasteiger partial charge >= 0.3 is 6.09 Å². The minimum atomic E-state index is -0.575. The largest absolute Gasteiger partial charge is 0.444 e. The molecule has 192 valence electrons. The van der Waals surface area contributed by atoms with Crippen molar-refractivity contribution in [2.24, 2.45) is 0 Å². The highest BCUT2D eigenvalue weighted by Crippen LogP contribution is 2.37. The lowest BCUT2D eigenvalue weighted by molar-refractivity contribution is 0.0223. The monoisotopic (exact) mass is 517 g/mol. The minimum Gasteiger partial charge on any atom is -0.444 e. The quantitative estimate of drug-likeness (QED) is 0.484. The summed E-state index contributed by atoms with van der Waals surface area (Å²) in [5.41, 5.74) is 3.68. The van der Waals surface area contributed by atoms with Crippen molar-refractivity contribution in [1.82, 2.24) is 19.9 Å². The molecule has 1 saturated heterocycles. The summed E-state index contributed by atoms with van der Waals surface area (Å²) in [6, 6.07) is 11.0. The van der Waals surface area contributed by atoms with Gasteiger partial charge in [-0.2, -0.15) is 10.2 Å². The zero-order chi connectivity index (χ0) is 26.2. The van der Waals surface area contributed by atoms with Crippen LogP contribution in [-0.2, 0) is 17.7 Å². The van der Waals surface area contributed by atoms with Gasteiger partial charge in [0.15, 0.2) is 5.13 Å². The number of nitriles is 1. The van der Waals surface area contributed by atoms with Gasteiger partial charge in [0.1, 0.15) is 22.4 Å². The molecule has 0 spiro atoms. The number of aromatic nitrogens is 3. The lowest BCUT2D eigenvalue weighted by Gasteiger charge is -2.32. The standard InChI is InChI=1S/C27H31N7O2S/c1-17-7-9-18(10-8-17)22-6-5-12-34(22)24-30-21-11-13-33(26(35)36-27(2,3)4)16-20(21)23(31-24)32-25-29-15-19(14-28)37-25/h7-10,15,22H,5-6,11-13,16H2,1-4H3,(H,29,30,31,32)/t22-/m0/s1. The Bertz CT molecular complexity index is 1340. The molecule has 2 aromatic heterocycles. The van der Waals surface area contributed by atoms with Gasteiger partial charge < -0.3 is 19.9 Å². The van der Waals surface area contributed by atoms with Crippen molar-refractivity contribution in [2.75, 3.05) is 23.3 Å². The van der Waals surface area contributed by atoms with E-state index in [1.54, 1.807) is 11.1 Å². The van der Waals surface area contributed by atoms with E-state index in [0.29, 0.717) is 41.3 Å². The first-order valence-electron chi connectivity index (χ1n) is 12.5. The van der Waals surface area contributed by atoms with Crippen LogP contribution in [0.25, 0.3) is 0 Å². The highest BCUT2D eigenvalue weighted by Gasteiger charge is 2.33. The van der Waals surface area contributed by atoms with E-state index in [4.69, 9.17) is 14.7 Å². The fourth-order valence-electron chi connectivity index (χ4n) is 4.74. The molecule has 2 aliphatic heterocycles. The van der Waals surface area contributed by atoms with E-state index in [2.05, 4.69) is 52.5 Å². The Morgan fingerprint density at radius 2 is 2.00 bits per heavy atom. The molecule has 2 aliphatic rings. The number of anilines is 3. The second-order valence-electron chi connectivity index (χ2n) is 10.5. The third-order valence-corrected chi connectivity index (χ3v) is 7.33. The molecular formula is C27H31N7O2S. The summed E-state index contributed by atoms with van der Waals surface area (Å²) in [6.07, 6.45) is 3.89. The number of thiazole rings is 1. The van der Waals surface area contributed by atoms with Crippen molar-refractivity contribution < 1.29 is 9.53 Å². The van der Waals surface area contributed by atoms with Gasteiger partial charge in [0.05, 0.1) is 24.5 Å². The van der Waals surface area contributed by atoms with Gasteiger partial charge in [-0.15, -0.1) is 0 Å². The van der Waals surface area contributed by atoms with Crippen molar-refractivity contribution >= 4 is 34.3 Å². The third-order valence-electron chi connectivity index (χ3n) is 6.51. The molecule has 1 aromatic carbocycles. The molecule has 5 rings (SSSR count). The second-order valence-corrected chi connectivity index (χ2v) is 11.5. The molecule has 1 amide bonds. The number of hydrogen-bond donors (Lipinski definition) is 1. The summed E-state index contributed by atoms with van der Waals surface area (Å²) in [7, 11) is 0. The van der Waals surface area contributed by atoms with Crippen LogP contribution < -0.4 is 10.2 Å². The molecule has 9 nitrogen and oxygen atoms in total. The third kappa shape index (κ3) is 5.52. The maximum absolute atomic E-state index is 12.8. The number of hydrogen-bond acceptors (Lipinski definition) is 9. The predicted octanol–water partition coefficient (Wildman–Crippen LogP) is 5.49. The molecule has 37 heavy (non-hydrogen) atoms. The molecule has 4 heterocycles. The molecular weight excluding hydrogens is 486 g/mol. The Morgan fingerprint density at radius 3 is 2.70 bits per heavy atom. The number of nitrogens with zero attached hydrogens (tertiary/aromatic N) is 6. The number of nitrogens with one attached hydrogen (secondary N) is 1. The topological polar surface area (TPSA) is 107 Å². The Labute approximate surface area is 221 Å². The summed E-state index contributed by atoms with van der Waals surface area (Å²) < 4.78 is 5.62. The van der Waals surface area contributed by atoms with Crippen LogP contribution in [0.5, 0.6) is 0 Å². The van der Waals surface area contributed by atoms with E-state index < -0.39 is 5.60 Å². The van der Waals surface area contributed by atoms with E-state index >= 15 is 0 Å². The molecule has 0 unspecified atom stereocenters. The zero-order valence-electron chi connectivity index (χ0n) is 21.6. The highest BCUT2D eigenvalue weighted by molar-refractivity contribution is 7.16. The average Bonchev–Trinajstić information content (AvgIpc) is 3.53. The zero-order valence-corrected chi connectivity index (χ0v) is 22.4. The molecule has 10 heteroatoms.